The number of hydrogen-bond donors (Lipinski definition) is 2. The molecule has 0 fully saturated rings. The lowest BCUT2D eigenvalue weighted by atomic mass is 9.81. The molecule has 8 aromatic carbocycles. The molecule has 0 amide bonds. The molecule has 8 heteroatoms. The highest BCUT2D eigenvalue weighted by molar-refractivity contribution is 14.1. The monoisotopic (exact) mass is 1040 g/mol. The van der Waals surface area contributed by atoms with E-state index in [0.29, 0.717) is 10.5 Å². The van der Waals surface area contributed by atoms with Gasteiger partial charge in [-0.1, -0.05) is 212 Å². The van der Waals surface area contributed by atoms with E-state index in [4.69, 9.17) is 33.2 Å². The molecule has 2 N–H and O–H groups in total. The molecule has 0 aromatic heterocycles. The van der Waals surface area contributed by atoms with E-state index in [9.17, 15) is 0 Å². The van der Waals surface area contributed by atoms with Gasteiger partial charge in [0.2, 0.25) is 0 Å². The highest BCUT2D eigenvalue weighted by atomic mass is 127. The van der Waals surface area contributed by atoms with Crippen molar-refractivity contribution < 1.29 is 10.0 Å². The molecule has 0 saturated carbocycles. The Bertz CT molecular complexity index is 2330. The Kier molecular flexibility index (Phi) is 18.5. The number of fused-ring (bicyclic) bond motifs is 2. The first kappa shape index (κ1) is 43.5. The van der Waals surface area contributed by atoms with Crippen LogP contribution in [0, 0.1) is 0 Å². The van der Waals surface area contributed by atoms with Gasteiger partial charge in [-0.2, -0.15) is 0 Å². The summed E-state index contributed by atoms with van der Waals surface area (Å²) in [6.45, 7) is 0. The van der Waals surface area contributed by atoms with Gasteiger partial charge < -0.3 is 10.0 Å². The maximum Gasteiger partial charge on any atom is 0.488 e. The molecule has 8 rings (SSSR count). The van der Waals surface area contributed by atoms with Crippen molar-refractivity contribution in [2.75, 3.05) is 9.86 Å². The molecule has 0 aliphatic heterocycles. The molecule has 0 atom stereocenters. The molecule has 2 nitrogen and oxygen atoms in total. The lowest BCUT2D eigenvalue weighted by Gasteiger charge is -2.07. The summed E-state index contributed by atoms with van der Waals surface area (Å²) in [4.78, 5) is 3.94. The van der Waals surface area contributed by atoms with Gasteiger partial charge in [0, 0.05) is 14.5 Å². The lowest BCUT2D eigenvalue weighted by molar-refractivity contribution is 0.426. The summed E-state index contributed by atoms with van der Waals surface area (Å²) in [5.74, 6) is 0. The number of halogens is 5. The van der Waals surface area contributed by atoms with Crippen LogP contribution in [-0.2, 0) is 0 Å². The maximum atomic E-state index is 8.63. The molecule has 0 spiro atoms. The molecule has 0 saturated heterocycles. The molecule has 272 valence electrons. The molecule has 0 radical (unpaired) electrons. The van der Waals surface area contributed by atoms with Crippen molar-refractivity contribution in [2.45, 2.75) is 0 Å². The van der Waals surface area contributed by atoms with E-state index in [-0.39, 0.29) is 0 Å². The largest absolute Gasteiger partial charge is 0.488 e. The van der Waals surface area contributed by atoms with Crippen LogP contribution < -0.4 is 5.46 Å². The minimum atomic E-state index is -1.41. The third kappa shape index (κ3) is 12.9. The second-order valence-electron chi connectivity index (χ2n) is 11.6. The highest BCUT2D eigenvalue weighted by Gasteiger charge is 2.09. The predicted molar refractivity (Wildman–Crippen MR) is 258 cm³/mol. The fourth-order valence-corrected chi connectivity index (χ4v) is 6.17. The fraction of sp³-hybridized carbons (Fsp3) is 0.0435. The third-order valence-electron chi connectivity index (χ3n) is 8.20. The van der Waals surface area contributed by atoms with Crippen molar-refractivity contribution in [1.82, 2.24) is 0 Å². The van der Waals surface area contributed by atoms with Crippen molar-refractivity contribution in [2.24, 2.45) is 0 Å². The molecule has 0 bridgehead atoms. The van der Waals surface area contributed by atoms with Crippen LogP contribution in [0.2, 0.25) is 10.0 Å². The van der Waals surface area contributed by atoms with Crippen LogP contribution in [0.15, 0.2) is 186 Å². The van der Waals surface area contributed by atoms with Crippen molar-refractivity contribution in [3.63, 3.8) is 0 Å². The van der Waals surface area contributed by atoms with E-state index in [1.54, 1.807) is 24.3 Å². The predicted octanol–water partition coefficient (Wildman–Crippen LogP) is 14.2. The van der Waals surface area contributed by atoms with Crippen molar-refractivity contribution >= 4 is 118 Å². The summed E-state index contributed by atoms with van der Waals surface area (Å²) in [7, 11) is -1.41. The molecular weight excluding hydrogens is 1000 g/mol. The Hall–Kier alpha value is -3.22. The summed E-state index contributed by atoms with van der Waals surface area (Å²) in [6, 6.07) is 61.4. The van der Waals surface area contributed by atoms with Crippen LogP contribution in [-0.4, -0.2) is 27.0 Å². The molecule has 0 heterocycles. The molecule has 8 aromatic rings. The van der Waals surface area contributed by atoms with Gasteiger partial charge in [-0.25, -0.2) is 0 Å². The number of alkyl halides is 2. The number of rotatable bonds is 4. The van der Waals surface area contributed by atoms with Gasteiger partial charge in [0.15, 0.2) is 0 Å². The Morgan fingerprint density at radius 3 is 1.13 bits per heavy atom. The molecule has 0 unspecified atom stereocenters. The van der Waals surface area contributed by atoms with Gasteiger partial charge in [0.05, 0.1) is 0 Å². The SMILES string of the molecule is Brc1ccc2ccc(-c3ccccc3)cc2c1.CI.CI.Clc1ccc(-c2ccc3ccc(-c4ccccc4)cc3c2)cc1.OB(O)c1ccc(Cl)cc1. The molecular formula is C46H38BBrCl2I2O2. The van der Waals surface area contributed by atoms with Gasteiger partial charge in [-0.05, 0) is 125 Å². The van der Waals surface area contributed by atoms with E-state index in [0.717, 1.165) is 9.50 Å². The normalized spacial score (nSPS) is 9.94. The zero-order valence-corrected chi connectivity index (χ0v) is 37.1. The summed E-state index contributed by atoms with van der Waals surface area (Å²) < 4.78 is 1.12. The second-order valence-corrected chi connectivity index (χ2v) is 13.4. The van der Waals surface area contributed by atoms with Gasteiger partial charge in [0.1, 0.15) is 0 Å². The Morgan fingerprint density at radius 2 is 0.722 bits per heavy atom. The first-order chi connectivity index (χ1) is 26.3. The minimum Gasteiger partial charge on any atom is -0.423 e. The minimum absolute atomic E-state index is 0.449. The molecule has 54 heavy (non-hydrogen) atoms. The zero-order chi connectivity index (χ0) is 38.9. The third-order valence-corrected chi connectivity index (χ3v) is 9.20. The topological polar surface area (TPSA) is 40.5 Å². The lowest BCUT2D eigenvalue weighted by Crippen LogP contribution is -2.29. The average Bonchev–Trinajstić information content (AvgIpc) is 3.23. The van der Waals surface area contributed by atoms with Crippen LogP contribution in [0.1, 0.15) is 0 Å². The van der Waals surface area contributed by atoms with E-state index >= 15 is 0 Å². The van der Waals surface area contributed by atoms with Gasteiger partial charge in [-0.3, -0.25) is 0 Å². The van der Waals surface area contributed by atoms with E-state index < -0.39 is 7.12 Å². The Morgan fingerprint density at radius 1 is 0.389 bits per heavy atom. The molecule has 0 aliphatic carbocycles. The highest BCUT2D eigenvalue weighted by Crippen LogP contribution is 2.30. The first-order valence-corrected chi connectivity index (χ1v) is 22.7. The Labute approximate surface area is 364 Å². The Balaban J connectivity index is 0.000000184. The summed E-state index contributed by atoms with van der Waals surface area (Å²) >= 11 is 19.3. The zero-order valence-electron chi connectivity index (χ0n) is 29.7. The summed E-state index contributed by atoms with van der Waals surface area (Å²) in [5, 5.41) is 23.6. The van der Waals surface area contributed by atoms with Gasteiger partial charge >= 0.3 is 7.12 Å². The van der Waals surface area contributed by atoms with Crippen molar-refractivity contribution in [3.05, 3.63) is 197 Å². The number of hydrogen-bond acceptors (Lipinski definition) is 2. The summed E-state index contributed by atoms with van der Waals surface area (Å²) in [5.41, 5.74) is 7.84. The number of benzene rings is 8. The average molecular weight is 1040 g/mol. The smallest absolute Gasteiger partial charge is 0.423 e. The van der Waals surface area contributed by atoms with Crippen LogP contribution in [0.5, 0.6) is 0 Å². The van der Waals surface area contributed by atoms with Gasteiger partial charge in [-0.15, -0.1) is 0 Å². The van der Waals surface area contributed by atoms with Gasteiger partial charge in [0.25, 0.3) is 0 Å². The fourth-order valence-electron chi connectivity index (χ4n) is 5.54. The van der Waals surface area contributed by atoms with E-state index in [1.165, 1.54) is 54.9 Å². The first-order valence-electron chi connectivity index (χ1n) is 16.8. The van der Waals surface area contributed by atoms with Crippen LogP contribution in [0.3, 0.4) is 0 Å². The maximum absolute atomic E-state index is 8.63. The van der Waals surface area contributed by atoms with Crippen LogP contribution >= 0.6 is 84.3 Å². The van der Waals surface area contributed by atoms with E-state index in [2.05, 4.69) is 195 Å². The molecule has 0 aliphatic rings. The van der Waals surface area contributed by atoms with Crippen LogP contribution in [0.4, 0.5) is 0 Å². The quantitative estimate of drug-likeness (QED) is 0.105. The van der Waals surface area contributed by atoms with Crippen molar-refractivity contribution in [1.29, 1.82) is 0 Å². The summed E-state index contributed by atoms with van der Waals surface area (Å²) in [6.07, 6.45) is 0. The standard InChI is InChI=1S/C22H15Cl.C16H11Br.C6H6BClO2.2CH3I/c23-22-12-10-17(11-13-22)20-9-7-18-6-8-19(14-21(18)15-20)16-4-2-1-3-5-16;17-16-9-8-13-6-7-14(10-15(13)11-16)12-4-2-1-3-5-12;8-6-3-1-5(2-4-6)7(9)10;2*1-2/h1-15H;1-11H;1-4,9-10H;2*1H3. The van der Waals surface area contributed by atoms with Crippen molar-refractivity contribution in [3.8, 4) is 33.4 Å². The second kappa shape index (κ2) is 23.0. The van der Waals surface area contributed by atoms with E-state index in [1.807, 2.05) is 34.1 Å². The van der Waals surface area contributed by atoms with Crippen LogP contribution in [0.25, 0.3) is 54.9 Å².